The monoisotopic (exact) mass is 199 g/mol. The van der Waals surface area contributed by atoms with Crippen molar-refractivity contribution < 1.29 is 23.9 Å². The van der Waals surface area contributed by atoms with E-state index in [2.05, 4.69) is 4.65 Å². The lowest BCUT2D eigenvalue weighted by atomic mass is 10.2. The van der Waals surface area contributed by atoms with E-state index >= 15 is 0 Å². The second kappa shape index (κ2) is 4.08. The molecule has 4 N–H and O–H groups in total. The zero-order chi connectivity index (χ0) is 10.7. The van der Waals surface area contributed by atoms with Crippen LogP contribution in [0.1, 0.15) is 10.4 Å². The Bertz CT molecular complexity index is 358. The Balaban J connectivity index is 2.94. The molecule has 7 heteroatoms. The molecule has 0 aliphatic rings. The van der Waals surface area contributed by atoms with Gasteiger partial charge in [0.15, 0.2) is 0 Å². The van der Waals surface area contributed by atoms with Crippen LogP contribution in [0.3, 0.4) is 0 Å². The number of carbonyl (C=O) groups is 1. The van der Waals surface area contributed by atoms with Gasteiger partial charge in [0.25, 0.3) is 5.91 Å². The fourth-order valence-corrected chi connectivity index (χ4v) is 0.891. The Kier molecular flexibility index (Phi) is 3.05. The van der Waals surface area contributed by atoms with E-state index in [4.69, 9.17) is 15.8 Å². The Morgan fingerprint density at radius 1 is 1.50 bits per heavy atom. The third-order valence-electron chi connectivity index (χ3n) is 1.45. The molecule has 0 spiro atoms. The van der Waals surface area contributed by atoms with Crippen molar-refractivity contribution in [3.63, 3.8) is 0 Å². The maximum atomic E-state index is 13.0. The molecule has 1 rings (SSSR count). The van der Waals surface area contributed by atoms with Crippen LogP contribution in [0, 0.1) is 5.82 Å². The minimum atomic E-state index is -2.03. The normalized spacial score (nSPS) is 9.64. The lowest BCUT2D eigenvalue weighted by molar-refractivity contribution is 0.0996. The molecule has 74 valence electrons. The van der Waals surface area contributed by atoms with E-state index in [9.17, 15) is 9.18 Å². The van der Waals surface area contributed by atoms with E-state index in [0.717, 1.165) is 12.1 Å². The molecule has 1 aromatic rings. The molecule has 0 radical (unpaired) electrons. The Hall–Kier alpha value is -1.60. The molecule has 14 heavy (non-hydrogen) atoms. The number of carbonyl (C=O) groups excluding carboxylic acids is 1. The highest BCUT2D eigenvalue weighted by Gasteiger charge is 2.14. The number of primary amides is 1. The van der Waals surface area contributed by atoms with Crippen LogP contribution in [-0.2, 0) is 0 Å². The van der Waals surface area contributed by atoms with Crippen molar-refractivity contribution in [3.8, 4) is 5.75 Å². The van der Waals surface area contributed by atoms with Gasteiger partial charge in [0.05, 0.1) is 5.56 Å². The molecule has 5 nitrogen and oxygen atoms in total. The van der Waals surface area contributed by atoms with Crippen LogP contribution in [0.2, 0.25) is 0 Å². The largest absolute Gasteiger partial charge is 0.707 e. The van der Waals surface area contributed by atoms with Gasteiger partial charge in [-0.1, -0.05) is 0 Å². The van der Waals surface area contributed by atoms with E-state index < -0.39 is 19.0 Å². The van der Waals surface area contributed by atoms with Crippen LogP contribution in [0.25, 0.3) is 0 Å². The Morgan fingerprint density at radius 3 is 2.57 bits per heavy atom. The minimum Gasteiger partial charge on any atom is -0.512 e. The van der Waals surface area contributed by atoms with Crippen LogP contribution < -0.4 is 10.4 Å². The van der Waals surface area contributed by atoms with Gasteiger partial charge in [-0.3, -0.25) is 4.79 Å². The summed E-state index contributed by atoms with van der Waals surface area (Å²) in [5.41, 5.74) is 4.56. The van der Waals surface area contributed by atoms with Gasteiger partial charge in [-0.05, 0) is 12.1 Å². The maximum Gasteiger partial charge on any atom is 0.707 e. The van der Waals surface area contributed by atoms with Gasteiger partial charge >= 0.3 is 7.32 Å². The second-order valence-electron chi connectivity index (χ2n) is 2.45. The average molecular weight is 199 g/mol. The highest BCUT2D eigenvalue weighted by molar-refractivity contribution is 6.33. The first-order chi connectivity index (χ1) is 6.50. The fraction of sp³-hybridized carbons (Fsp3) is 0. The molecular weight excluding hydrogens is 192 g/mol. The fourth-order valence-electron chi connectivity index (χ4n) is 0.891. The van der Waals surface area contributed by atoms with E-state index in [1.807, 2.05) is 0 Å². The third-order valence-corrected chi connectivity index (χ3v) is 1.45. The lowest BCUT2D eigenvalue weighted by Gasteiger charge is -2.05. The van der Waals surface area contributed by atoms with Gasteiger partial charge in [-0.2, -0.15) is 0 Å². The number of amides is 1. The maximum absolute atomic E-state index is 13.0. The number of halogens is 1. The molecule has 0 aliphatic carbocycles. The van der Waals surface area contributed by atoms with Crippen molar-refractivity contribution >= 4 is 13.2 Å². The number of hydrogen-bond acceptors (Lipinski definition) is 4. The second-order valence-corrected chi connectivity index (χ2v) is 2.45. The lowest BCUT2D eigenvalue weighted by Crippen LogP contribution is -2.21. The summed E-state index contributed by atoms with van der Waals surface area (Å²) in [6.07, 6.45) is 0. The first-order valence-electron chi connectivity index (χ1n) is 3.63. The SMILES string of the molecule is NC(=O)c1ccc(OB(O)O)cc1F. The summed E-state index contributed by atoms with van der Waals surface area (Å²) in [4.78, 5) is 10.6. The van der Waals surface area contributed by atoms with Gasteiger partial charge in [0.1, 0.15) is 11.6 Å². The molecule has 0 aromatic heterocycles. The molecule has 0 heterocycles. The summed E-state index contributed by atoms with van der Waals surface area (Å²) in [5, 5.41) is 16.8. The summed E-state index contributed by atoms with van der Waals surface area (Å²) in [7, 11) is -2.03. The summed E-state index contributed by atoms with van der Waals surface area (Å²) < 4.78 is 17.4. The molecule has 0 unspecified atom stereocenters. The predicted molar refractivity (Wildman–Crippen MR) is 45.7 cm³/mol. The first kappa shape index (κ1) is 10.5. The van der Waals surface area contributed by atoms with Crippen LogP contribution >= 0.6 is 0 Å². The number of hydrogen-bond donors (Lipinski definition) is 3. The zero-order valence-corrected chi connectivity index (χ0v) is 6.98. The number of rotatable bonds is 3. The average Bonchev–Trinajstić information content (AvgIpc) is 2.01. The van der Waals surface area contributed by atoms with E-state index in [-0.39, 0.29) is 11.3 Å². The summed E-state index contributed by atoms with van der Waals surface area (Å²) >= 11 is 0. The third kappa shape index (κ3) is 2.44. The molecule has 0 atom stereocenters. The molecule has 0 aliphatic heterocycles. The van der Waals surface area contributed by atoms with E-state index in [1.165, 1.54) is 6.07 Å². The summed E-state index contributed by atoms with van der Waals surface area (Å²) in [5.74, 6) is -1.89. The van der Waals surface area contributed by atoms with Crippen LogP contribution in [0.4, 0.5) is 4.39 Å². The van der Waals surface area contributed by atoms with E-state index in [1.54, 1.807) is 0 Å². The molecule has 0 fully saturated rings. The van der Waals surface area contributed by atoms with Crippen molar-refractivity contribution in [2.45, 2.75) is 0 Å². The van der Waals surface area contributed by atoms with E-state index in [0.29, 0.717) is 0 Å². The van der Waals surface area contributed by atoms with Crippen LogP contribution in [0.5, 0.6) is 5.75 Å². The van der Waals surface area contributed by atoms with Gasteiger partial charge < -0.3 is 20.4 Å². The number of nitrogens with two attached hydrogens (primary N) is 1. The van der Waals surface area contributed by atoms with Crippen molar-refractivity contribution in [1.82, 2.24) is 0 Å². The molecule has 0 saturated heterocycles. The van der Waals surface area contributed by atoms with Gasteiger partial charge in [0, 0.05) is 6.07 Å². The standard InChI is InChI=1S/C7H7BFNO4/c9-6-3-4(14-8(12)13)1-2-5(6)7(10)11/h1-3,12-13H,(H2,10,11). The van der Waals surface area contributed by atoms with Crippen molar-refractivity contribution in [2.24, 2.45) is 5.73 Å². The smallest absolute Gasteiger partial charge is 0.512 e. The van der Waals surface area contributed by atoms with Crippen molar-refractivity contribution in [2.75, 3.05) is 0 Å². The highest BCUT2D eigenvalue weighted by atomic mass is 19.1. The molecule has 1 aromatic carbocycles. The quantitative estimate of drug-likeness (QED) is 0.559. The molecular formula is C7H7BFNO4. The van der Waals surface area contributed by atoms with Gasteiger partial charge in [-0.25, -0.2) is 4.39 Å². The van der Waals surface area contributed by atoms with Gasteiger partial charge in [-0.15, -0.1) is 0 Å². The Labute approximate surface area is 79.1 Å². The molecule has 1 amide bonds. The van der Waals surface area contributed by atoms with Crippen LogP contribution in [-0.4, -0.2) is 23.3 Å². The van der Waals surface area contributed by atoms with Crippen LogP contribution in [0.15, 0.2) is 18.2 Å². The Morgan fingerprint density at radius 2 is 2.14 bits per heavy atom. The van der Waals surface area contributed by atoms with Gasteiger partial charge in [0.2, 0.25) is 0 Å². The molecule has 0 saturated carbocycles. The summed E-state index contributed by atoms with van der Waals surface area (Å²) in [6.45, 7) is 0. The zero-order valence-electron chi connectivity index (χ0n) is 6.98. The van der Waals surface area contributed by atoms with Crippen molar-refractivity contribution in [1.29, 1.82) is 0 Å². The minimum absolute atomic E-state index is 0.109. The topological polar surface area (TPSA) is 92.8 Å². The first-order valence-corrected chi connectivity index (χ1v) is 3.63. The van der Waals surface area contributed by atoms with Crippen molar-refractivity contribution in [3.05, 3.63) is 29.6 Å². The summed E-state index contributed by atoms with van der Waals surface area (Å²) in [6, 6.07) is 3.12. The number of benzene rings is 1. The molecule has 0 bridgehead atoms. The predicted octanol–water partition coefficient (Wildman–Crippen LogP) is -0.727. The highest BCUT2D eigenvalue weighted by Crippen LogP contribution is 2.16.